The smallest absolute Gasteiger partial charge is 0.250 e. The van der Waals surface area contributed by atoms with Crippen molar-refractivity contribution in [1.29, 1.82) is 0 Å². The number of halogens is 1. The van der Waals surface area contributed by atoms with Gasteiger partial charge in [-0.1, -0.05) is 29.8 Å². The van der Waals surface area contributed by atoms with Gasteiger partial charge in [-0.3, -0.25) is 10.1 Å². The number of hydrogen-bond donors (Lipinski definition) is 2. The molecule has 1 aromatic heterocycles. The van der Waals surface area contributed by atoms with E-state index >= 15 is 0 Å². The SMILES string of the molecule is CNS(=O)(=O)c1cc(/C=C/C(=O)Nc2nc(-c3ccc(Cl)cc3)c(C)s2)ccc1OC. The minimum absolute atomic E-state index is 0.0109. The summed E-state index contributed by atoms with van der Waals surface area (Å²) in [7, 11) is -0.999. The highest BCUT2D eigenvalue weighted by molar-refractivity contribution is 7.89. The number of amides is 1. The number of hydrogen-bond acceptors (Lipinski definition) is 6. The average molecular weight is 478 g/mol. The Labute approximate surface area is 189 Å². The summed E-state index contributed by atoms with van der Waals surface area (Å²) in [6.07, 6.45) is 2.83. The first-order valence-corrected chi connectivity index (χ1v) is 11.8. The van der Waals surface area contributed by atoms with Crippen molar-refractivity contribution in [2.24, 2.45) is 0 Å². The number of nitrogens with zero attached hydrogens (tertiary/aromatic N) is 1. The average Bonchev–Trinajstić information content (AvgIpc) is 3.12. The van der Waals surface area contributed by atoms with Crippen LogP contribution in [0, 0.1) is 6.92 Å². The molecule has 1 heterocycles. The summed E-state index contributed by atoms with van der Waals surface area (Å²) in [6.45, 7) is 1.92. The third-order valence-electron chi connectivity index (χ3n) is 4.32. The maximum absolute atomic E-state index is 12.3. The molecule has 3 aromatic rings. The van der Waals surface area contributed by atoms with Gasteiger partial charge >= 0.3 is 0 Å². The number of carbonyl (C=O) groups excluding carboxylic acids is 1. The van der Waals surface area contributed by atoms with Gasteiger partial charge in [-0.25, -0.2) is 18.1 Å². The second-order valence-electron chi connectivity index (χ2n) is 6.37. The number of aromatic nitrogens is 1. The van der Waals surface area contributed by atoms with Gasteiger partial charge < -0.3 is 4.74 Å². The van der Waals surface area contributed by atoms with Crippen LogP contribution in [0.5, 0.6) is 5.75 Å². The summed E-state index contributed by atoms with van der Waals surface area (Å²) in [5.74, 6) is -0.172. The molecule has 0 fully saturated rings. The van der Waals surface area contributed by atoms with Crippen LogP contribution in [-0.4, -0.2) is 33.5 Å². The molecule has 0 unspecified atom stereocenters. The van der Waals surface area contributed by atoms with Crippen LogP contribution in [-0.2, 0) is 14.8 Å². The summed E-state index contributed by atoms with van der Waals surface area (Å²) in [6, 6.07) is 11.9. The summed E-state index contributed by atoms with van der Waals surface area (Å²) in [4.78, 5) is 17.8. The van der Waals surface area contributed by atoms with E-state index in [2.05, 4.69) is 15.0 Å². The molecular formula is C21H20ClN3O4S2. The Bertz CT molecular complexity index is 1240. The van der Waals surface area contributed by atoms with Crippen molar-refractivity contribution in [2.75, 3.05) is 19.5 Å². The predicted molar refractivity (Wildman–Crippen MR) is 124 cm³/mol. The first kappa shape index (κ1) is 23.0. The number of benzene rings is 2. The standard InChI is InChI=1S/C21H20ClN3O4S2/c1-13-20(15-6-8-16(22)9-7-15)25-21(30-13)24-19(26)11-5-14-4-10-17(29-3)18(12-14)31(27,28)23-2/h4-12,23H,1-3H3,(H,24,25,26)/b11-5+. The molecule has 0 bridgehead atoms. The second kappa shape index (κ2) is 9.61. The molecule has 0 saturated carbocycles. The number of ether oxygens (including phenoxy) is 1. The van der Waals surface area contributed by atoms with E-state index < -0.39 is 10.0 Å². The monoisotopic (exact) mass is 477 g/mol. The van der Waals surface area contributed by atoms with Crippen LogP contribution >= 0.6 is 22.9 Å². The summed E-state index contributed by atoms with van der Waals surface area (Å²) in [5.41, 5.74) is 2.21. The molecule has 10 heteroatoms. The second-order valence-corrected chi connectivity index (χ2v) is 9.87. The lowest BCUT2D eigenvalue weighted by Crippen LogP contribution is -2.19. The maximum Gasteiger partial charge on any atom is 0.250 e. The van der Waals surface area contributed by atoms with Gasteiger partial charge in [0.05, 0.1) is 12.8 Å². The molecule has 7 nitrogen and oxygen atoms in total. The normalized spacial score (nSPS) is 11.6. The highest BCUT2D eigenvalue weighted by Gasteiger charge is 2.18. The highest BCUT2D eigenvalue weighted by Crippen LogP contribution is 2.31. The van der Waals surface area contributed by atoms with Crippen LogP contribution in [0.4, 0.5) is 5.13 Å². The first-order chi connectivity index (χ1) is 14.7. The van der Waals surface area contributed by atoms with Crippen LogP contribution in [0.3, 0.4) is 0 Å². The van der Waals surface area contributed by atoms with Gasteiger partial charge in [0.25, 0.3) is 0 Å². The molecule has 2 aromatic carbocycles. The Hall–Kier alpha value is -2.72. The van der Waals surface area contributed by atoms with Crippen LogP contribution in [0.15, 0.2) is 53.4 Å². The van der Waals surface area contributed by atoms with Gasteiger partial charge in [-0.2, -0.15) is 0 Å². The molecule has 0 saturated heterocycles. The Morgan fingerprint density at radius 2 is 1.90 bits per heavy atom. The number of aryl methyl sites for hydroxylation is 1. The zero-order valence-electron chi connectivity index (χ0n) is 17.0. The quantitative estimate of drug-likeness (QED) is 0.493. The van der Waals surface area contributed by atoms with Crippen LogP contribution < -0.4 is 14.8 Å². The van der Waals surface area contributed by atoms with Gasteiger partial charge in [0, 0.05) is 21.5 Å². The van der Waals surface area contributed by atoms with E-state index in [0.717, 1.165) is 16.1 Å². The molecule has 0 aliphatic heterocycles. The summed E-state index contributed by atoms with van der Waals surface area (Å²) >= 11 is 7.29. The van der Waals surface area contributed by atoms with Crippen molar-refractivity contribution in [1.82, 2.24) is 9.71 Å². The number of rotatable bonds is 7. The molecule has 2 N–H and O–H groups in total. The zero-order valence-corrected chi connectivity index (χ0v) is 19.4. The van der Waals surface area contributed by atoms with Crippen molar-refractivity contribution in [3.63, 3.8) is 0 Å². The summed E-state index contributed by atoms with van der Waals surface area (Å²) < 4.78 is 31.7. The number of anilines is 1. The lowest BCUT2D eigenvalue weighted by atomic mass is 10.1. The Morgan fingerprint density at radius 3 is 2.55 bits per heavy atom. The minimum atomic E-state index is -3.71. The minimum Gasteiger partial charge on any atom is -0.495 e. The van der Waals surface area contributed by atoms with Gasteiger partial charge in [0.2, 0.25) is 15.9 Å². The molecule has 31 heavy (non-hydrogen) atoms. The Kier molecular flexibility index (Phi) is 7.11. The van der Waals surface area contributed by atoms with Crippen LogP contribution in [0.2, 0.25) is 5.02 Å². The molecule has 162 valence electrons. The van der Waals surface area contributed by atoms with Gasteiger partial charge in [0.1, 0.15) is 10.6 Å². The maximum atomic E-state index is 12.3. The third kappa shape index (κ3) is 5.50. The fraction of sp³-hybridized carbons (Fsp3) is 0.143. The number of methoxy groups -OCH3 is 1. The molecule has 0 radical (unpaired) electrons. The molecule has 0 atom stereocenters. The predicted octanol–water partition coefficient (Wildman–Crippen LogP) is 4.34. The molecule has 0 aliphatic carbocycles. The van der Waals surface area contributed by atoms with Gasteiger partial charge in [-0.05, 0) is 49.9 Å². The highest BCUT2D eigenvalue weighted by atomic mass is 35.5. The Balaban J connectivity index is 1.76. The van der Waals surface area contributed by atoms with E-state index in [9.17, 15) is 13.2 Å². The van der Waals surface area contributed by atoms with Crippen molar-refractivity contribution >= 4 is 50.1 Å². The van der Waals surface area contributed by atoms with E-state index in [1.165, 1.54) is 49.8 Å². The van der Waals surface area contributed by atoms with E-state index in [0.29, 0.717) is 15.7 Å². The topological polar surface area (TPSA) is 97.4 Å². The molecule has 0 aliphatic rings. The fourth-order valence-corrected chi connectivity index (χ4v) is 4.65. The van der Waals surface area contributed by atoms with E-state index in [1.54, 1.807) is 18.2 Å². The van der Waals surface area contributed by atoms with Crippen molar-refractivity contribution < 1.29 is 17.9 Å². The zero-order chi connectivity index (χ0) is 22.6. The Morgan fingerprint density at radius 1 is 1.19 bits per heavy atom. The van der Waals surface area contributed by atoms with Crippen molar-refractivity contribution in [2.45, 2.75) is 11.8 Å². The van der Waals surface area contributed by atoms with Crippen LogP contribution in [0.25, 0.3) is 17.3 Å². The van der Waals surface area contributed by atoms with Gasteiger partial charge in [-0.15, -0.1) is 11.3 Å². The molecule has 0 spiro atoms. The largest absolute Gasteiger partial charge is 0.495 e. The lowest BCUT2D eigenvalue weighted by molar-refractivity contribution is -0.111. The molecular weight excluding hydrogens is 458 g/mol. The number of thiazole rings is 1. The first-order valence-electron chi connectivity index (χ1n) is 9.07. The lowest BCUT2D eigenvalue weighted by Gasteiger charge is -2.09. The van der Waals surface area contributed by atoms with E-state index in [1.807, 2.05) is 19.1 Å². The van der Waals surface area contributed by atoms with Crippen LogP contribution in [0.1, 0.15) is 10.4 Å². The number of carbonyl (C=O) groups is 1. The summed E-state index contributed by atoms with van der Waals surface area (Å²) in [5, 5.41) is 3.84. The third-order valence-corrected chi connectivity index (χ3v) is 6.89. The van der Waals surface area contributed by atoms with E-state index in [-0.39, 0.29) is 16.6 Å². The molecule has 3 rings (SSSR count). The number of nitrogens with one attached hydrogen (secondary N) is 2. The molecule has 1 amide bonds. The van der Waals surface area contributed by atoms with Crippen molar-refractivity contribution in [3.05, 3.63) is 64.0 Å². The fourth-order valence-electron chi connectivity index (χ4n) is 2.76. The van der Waals surface area contributed by atoms with E-state index in [4.69, 9.17) is 16.3 Å². The number of sulfonamides is 1. The van der Waals surface area contributed by atoms with Crippen molar-refractivity contribution in [3.8, 4) is 17.0 Å². The van der Waals surface area contributed by atoms with Gasteiger partial charge in [0.15, 0.2) is 5.13 Å².